The quantitative estimate of drug-likeness (QED) is 0.125. The van der Waals surface area contributed by atoms with Gasteiger partial charge in [0.25, 0.3) is 5.91 Å². The second kappa shape index (κ2) is 19.2. The molecule has 1 aliphatic rings. The van der Waals surface area contributed by atoms with E-state index in [1.165, 1.54) is 12.1 Å². The molecule has 1 aliphatic carbocycles. The number of Topliss-reactive ketones (excluding diaryl/α,β-unsaturated/α-hetero) is 1. The van der Waals surface area contributed by atoms with Crippen LogP contribution >= 0.6 is 0 Å². The normalized spacial score (nSPS) is 16.6. The Balaban J connectivity index is 2.17. The Kier molecular flexibility index (Phi) is 16.1. The molecule has 6 N–H and O–H groups in total. The number of carboxylic acids is 1. The molecule has 13 nitrogen and oxygen atoms in total. The summed E-state index contributed by atoms with van der Waals surface area (Å²) in [6, 6.07) is 4.36. The van der Waals surface area contributed by atoms with Crippen LogP contribution in [0.4, 0.5) is 0 Å². The SMILES string of the molecule is CCCC(NC(=O)[C@H](CC(C)C)NC(=O)[C@@](C)(NC(=O)CC(C)(C)C)C1CCCCC1)C(=O)C(=O)NCC(=O)N[C@H](C(=O)O)c1ccccc1. The molecule has 0 radical (unpaired) electrons. The van der Waals surface area contributed by atoms with Gasteiger partial charge in [0.1, 0.15) is 11.6 Å². The zero-order chi connectivity index (χ0) is 37.6. The molecule has 0 aliphatic heterocycles. The summed E-state index contributed by atoms with van der Waals surface area (Å²) in [5.41, 5.74) is -1.23. The summed E-state index contributed by atoms with van der Waals surface area (Å²) in [7, 11) is 0. The highest BCUT2D eigenvalue weighted by atomic mass is 16.4. The van der Waals surface area contributed by atoms with E-state index in [0.717, 1.165) is 32.1 Å². The second-order valence-electron chi connectivity index (χ2n) is 15.1. The van der Waals surface area contributed by atoms with Crippen molar-refractivity contribution in [2.24, 2.45) is 17.3 Å². The van der Waals surface area contributed by atoms with Crippen LogP contribution in [0, 0.1) is 17.3 Å². The molecule has 0 bridgehead atoms. The number of rotatable bonds is 18. The van der Waals surface area contributed by atoms with Crippen LogP contribution in [0.15, 0.2) is 30.3 Å². The molecule has 0 aromatic heterocycles. The van der Waals surface area contributed by atoms with Gasteiger partial charge in [-0.25, -0.2) is 4.79 Å². The maximum Gasteiger partial charge on any atom is 0.330 e. The van der Waals surface area contributed by atoms with E-state index in [1.807, 2.05) is 34.6 Å². The van der Waals surface area contributed by atoms with Crippen molar-refractivity contribution >= 4 is 41.3 Å². The lowest BCUT2D eigenvalue weighted by Gasteiger charge is -2.40. The summed E-state index contributed by atoms with van der Waals surface area (Å²) in [4.78, 5) is 91.2. The first-order valence-electron chi connectivity index (χ1n) is 17.7. The molecule has 0 heterocycles. The van der Waals surface area contributed by atoms with Crippen LogP contribution in [0.25, 0.3) is 0 Å². The molecule has 2 rings (SSSR count). The first-order chi connectivity index (χ1) is 23.4. The number of ketones is 1. The molecule has 5 amide bonds. The van der Waals surface area contributed by atoms with Crippen molar-refractivity contribution < 1.29 is 38.7 Å². The number of hydrogen-bond acceptors (Lipinski definition) is 7. The number of nitrogens with one attached hydrogen (secondary N) is 5. The average Bonchev–Trinajstić information content (AvgIpc) is 3.04. The van der Waals surface area contributed by atoms with Crippen LogP contribution < -0.4 is 26.6 Å². The minimum absolute atomic E-state index is 0.0323. The van der Waals surface area contributed by atoms with Crippen LogP contribution in [0.2, 0.25) is 0 Å². The lowest BCUT2D eigenvalue weighted by Crippen LogP contribution is -2.64. The molecule has 13 heteroatoms. The van der Waals surface area contributed by atoms with Crippen molar-refractivity contribution in [1.29, 1.82) is 0 Å². The molecule has 50 heavy (non-hydrogen) atoms. The number of hydrogen-bond donors (Lipinski definition) is 6. The Hall–Kier alpha value is -4.29. The number of carbonyl (C=O) groups excluding carboxylic acids is 6. The first-order valence-corrected chi connectivity index (χ1v) is 17.7. The summed E-state index contributed by atoms with van der Waals surface area (Å²) >= 11 is 0. The molecule has 278 valence electrons. The molecule has 1 aromatic carbocycles. The number of aliphatic carboxylic acids is 1. The lowest BCUT2D eigenvalue weighted by atomic mass is 9.74. The second-order valence-corrected chi connectivity index (χ2v) is 15.1. The molecule has 1 aromatic rings. The molecule has 0 spiro atoms. The highest BCUT2D eigenvalue weighted by Gasteiger charge is 2.44. The highest BCUT2D eigenvalue weighted by Crippen LogP contribution is 2.34. The average molecular weight is 700 g/mol. The van der Waals surface area contributed by atoms with Gasteiger partial charge in [0.2, 0.25) is 29.4 Å². The zero-order valence-electron chi connectivity index (χ0n) is 30.6. The van der Waals surface area contributed by atoms with E-state index in [-0.39, 0.29) is 42.4 Å². The van der Waals surface area contributed by atoms with Gasteiger partial charge in [-0.3, -0.25) is 28.8 Å². The fourth-order valence-electron chi connectivity index (χ4n) is 6.23. The summed E-state index contributed by atoms with van der Waals surface area (Å²) in [5, 5.41) is 22.6. The molecule has 1 unspecified atom stereocenters. The maximum atomic E-state index is 14.1. The Bertz CT molecular complexity index is 1350. The summed E-state index contributed by atoms with van der Waals surface area (Å²) in [5.74, 6) is -5.78. The monoisotopic (exact) mass is 699 g/mol. The first kappa shape index (κ1) is 41.9. The smallest absolute Gasteiger partial charge is 0.330 e. The van der Waals surface area contributed by atoms with E-state index >= 15 is 0 Å². The predicted molar refractivity (Wildman–Crippen MR) is 188 cm³/mol. The van der Waals surface area contributed by atoms with E-state index in [1.54, 1.807) is 32.0 Å². The number of amides is 5. The van der Waals surface area contributed by atoms with Crippen molar-refractivity contribution in [3.8, 4) is 0 Å². The van der Waals surface area contributed by atoms with Gasteiger partial charge in [-0.1, -0.05) is 97.6 Å². The van der Waals surface area contributed by atoms with Crippen LogP contribution in [0.3, 0.4) is 0 Å². The molecular formula is C37H57N5O8. The molecule has 1 saturated carbocycles. The van der Waals surface area contributed by atoms with Gasteiger partial charge in [-0.15, -0.1) is 0 Å². The van der Waals surface area contributed by atoms with E-state index in [4.69, 9.17) is 0 Å². The van der Waals surface area contributed by atoms with E-state index in [0.29, 0.717) is 12.0 Å². The van der Waals surface area contributed by atoms with Gasteiger partial charge in [0.05, 0.1) is 12.6 Å². The van der Waals surface area contributed by atoms with E-state index < -0.39 is 65.6 Å². The van der Waals surface area contributed by atoms with Gasteiger partial charge < -0.3 is 31.7 Å². The van der Waals surface area contributed by atoms with E-state index in [9.17, 15) is 38.7 Å². The van der Waals surface area contributed by atoms with Crippen molar-refractivity contribution in [2.45, 2.75) is 130 Å². The topological polar surface area (TPSA) is 200 Å². The summed E-state index contributed by atoms with van der Waals surface area (Å²) in [6.07, 6.45) is 5.41. The highest BCUT2D eigenvalue weighted by molar-refractivity contribution is 6.38. The van der Waals surface area contributed by atoms with Crippen LogP contribution in [0.1, 0.15) is 118 Å². The molecule has 1 fully saturated rings. The maximum absolute atomic E-state index is 14.1. The Morgan fingerprint density at radius 3 is 2.00 bits per heavy atom. The lowest BCUT2D eigenvalue weighted by molar-refractivity contribution is -0.143. The Morgan fingerprint density at radius 1 is 0.840 bits per heavy atom. The third-order valence-electron chi connectivity index (χ3n) is 8.84. The third-order valence-corrected chi connectivity index (χ3v) is 8.84. The summed E-state index contributed by atoms with van der Waals surface area (Å²) < 4.78 is 0. The van der Waals surface area contributed by atoms with Crippen molar-refractivity contribution in [3.05, 3.63) is 35.9 Å². The molecule has 0 saturated heterocycles. The van der Waals surface area contributed by atoms with Crippen molar-refractivity contribution in [2.75, 3.05) is 6.54 Å². The largest absolute Gasteiger partial charge is 0.479 e. The fraction of sp³-hybridized carbons (Fsp3) is 0.649. The Morgan fingerprint density at radius 2 is 1.46 bits per heavy atom. The Labute approximate surface area is 295 Å². The van der Waals surface area contributed by atoms with Gasteiger partial charge in [-0.2, -0.15) is 0 Å². The third kappa shape index (κ3) is 13.2. The van der Waals surface area contributed by atoms with E-state index in [2.05, 4.69) is 26.6 Å². The van der Waals surface area contributed by atoms with Crippen molar-refractivity contribution in [1.82, 2.24) is 26.6 Å². The minimum Gasteiger partial charge on any atom is -0.479 e. The van der Waals surface area contributed by atoms with Crippen LogP contribution in [0.5, 0.6) is 0 Å². The van der Waals surface area contributed by atoms with Crippen LogP contribution in [-0.2, 0) is 33.6 Å². The van der Waals surface area contributed by atoms with Crippen molar-refractivity contribution in [3.63, 3.8) is 0 Å². The van der Waals surface area contributed by atoms with Crippen LogP contribution in [-0.4, -0.2) is 70.6 Å². The van der Waals surface area contributed by atoms with Gasteiger partial charge >= 0.3 is 5.97 Å². The zero-order valence-corrected chi connectivity index (χ0v) is 30.6. The number of carbonyl (C=O) groups is 7. The van der Waals surface area contributed by atoms with Gasteiger partial charge in [0.15, 0.2) is 6.04 Å². The predicted octanol–water partition coefficient (Wildman–Crippen LogP) is 3.32. The standard InChI is InChI=1S/C37H57N5O8/c1-8-15-26(31(45)33(47)38-22-29(44)41-30(34(48)49)24-16-11-9-12-17-24)39-32(46)27(20-23(2)3)40-35(50)37(7,25-18-13-10-14-19-25)42-28(43)21-36(4,5)6/h9,11-12,16-17,23,25-27,30H,8,10,13-15,18-22H2,1-7H3,(H,38,47)(H,39,46)(H,40,50)(H,41,44)(H,42,43)(H,48,49)/t26?,27-,30-,37-/m0/s1. The molecular weight excluding hydrogens is 642 g/mol. The van der Waals surface area contributed by atoms with Gasteiger partial charge in [0, 0.05) is 6.42 Å². The minimum atomic E-state index is -1.36. The number of benzene rings is 1. The fourth-order valence-corrected chi connectivity index (χ4v) is 6.23. The molecule has 4 atom stereocenters. The van der Waals surface area contributed by atoms with Gasteiger partial charge in [-0.05, 0) is 55.4 Å². The number of carboxylic acid groups (broad SMARTS) is 1. The summed E-state index contributed by atoms with van der Waals surface area (Å²) in [6.45, 7) is 12.4.